The summed E-state index contributed by atoms with van der Waals surface area (Å²) in [6, 6.07) is 3.56. The number of halogens is 1. The molecule has 0 aromatic carbocycles. The molecule has 0 bridgehead atoms. The van der Waals surface area contributed by atoms with E-state index in [9.17, 15) is 4.79 Å². The molecule has 2 N–H and O–H groups in total. The number of hydrogen-bond donors (Lipinski definition) is 2. The number of piperidine rings is 1. The number of carbonyl (C=O) groups excluding carboxylic acids is 1. The van der Waals surface area contributed by atoms with Crippen LogP contribution in [0.3, 0.4) is 0 Å². The highest BCUT2D eigenvalue weighted by Crippen LogP contribution is 2.52. The molecule has 7 heteroatoms. The van der Waals surface area contributed by atoms with E-state index < -0.39 is 0 Å². The fraction of sp³-hybridized carbons (Fsp3) is 0.500. The van der Waals surface area contributed by atoms with Crippen molar-refractivity contribution in [2.24, 2.45) is 5.92 Å². The summed E-state index contributed by atoms with van der Waals surface area (Å²) in [6.45, 7) is 10.0. The molecule has 1 aliphatic heterocycles. The summed E-state index contributed by atoms with van der Waals surface area (Å²) in [5.74, 6) is 1.06. The quantitative estimate of drug-likeness (QED) is 0.336. The van der Waals surface area contributed by atoms with Gasteiger partial charge < -0.3 is 15.0 Å². The number of aromatic nitrogens is 1. The Morgan fingerprint density at radius 2 is 2.33 bits per heavy atom. The molecule has 27 heavy (non-hydrogen) atoms. The van der Waals surface area contributed by atoms with Crippen molar-refractivity contribution in [3.8, 4) is 0 Å². The molecule has 1 aromatic heterocycles. The number of carbonyl (C=O) groups is 1. The lowest BCUT2D eigenvalue weighted by Gasteiger charge is -2.24. The van der Waals surface area contributed by atoms with E-state index in [1.54, 1.807) is 6.08 Å². The highest BCUT2D eigenvalue weighted by Gasteiger charge is 2.61. The fourth-order valence-corrected chi connectivity index (χ4v) is 4.19. The number of likely N-dealkylation sites (N-methyl/N-ethyl adjacent to an activating group) is 1. The number of ether oxygens (including phenoxy) is 1. The van der Waals surface area contributed by atoms with Crippen LogP contribution in [0.2, 0.25) is 0 Å². The average molecular weight is 435 g/mol. The van der Waals surface area contributed by atoms with Crippen LogP contribution in [0.15, 0.2) is 42.0 Å². The summed E-state index contributed by atoms with van der Waals surface area (Å²) in [6.07, 6.45) is 5.60. The third-order valence-electron chi connectivity index (χ3n) is 5.20. The molecule has 3 rings (SSSR count). The molecule has 3 unspecified atom stereocenters. The van der Waals surface area contributed by atoms with Gasteiger partial charge in [0.2, 0.25) is 5.91 Å². The highest BCUT2D eigenvalue weighted by atomic mass is 79.9. The molecule has 1 aromatic rings. The average Bonchev–Trinajstić information content (AvgIpc) is 3.16. The molecular weight excluding hydrogens is 408 g/mol. The van der Waals surface area contributed by atoms with Crippen molar-refractivity contribution in [1.29, 1.82) is 0 Å². The Labute approximate surface area is 169 Å². The Hall–Kier alpha value is -1.54. The van der Waals surface area contributed by atoms with Crippen LogP contribution in [-0.4, -0.2) is 54.1 Å². The van der Waals surface area contributed by atoms with Gasteiger partial charge in [0.1, 0.15) is 10.4 Å². The maximum Gasteiger partial charge on any atom is 0.242 e. The van der Waals surface area contributed by atoms with Gasteiger partial charge in [-0.05, 0) is 47.8 Å². The van der Waals surface area contributed by atoms with Crippen molar-refractivity contribution in [3.05, 3.63) is 47.6 Å². The number of nitrogens with zero attached hydrogens (tertiary/aromatic N) is 2. The van der Waals surface area contributed by atoms with Crippen LogP contribution in [0.1, 0.15) is 18.4 Å². The third-order valence-corrected chi connectivity index (χ3v) is 5.64. The lowest BCUT2D eigenvalue weighted by atomic mass is 10.1. The normalized spacial score (nSPS) is 25.9. The Bertz CT molecular complexity index is 726. The second kappa shape index (κ2) is 8.65. The highest BCUT2D eigenvalue weighted by molar-refractivity contribution is 9.10. The van der Waals surface area contributed by atoms with Crippen LogP contribution in [0.4, 0.5) is 5.82 Å². The van der Waals surface area contributed by atoms with Crippen LogP contribution in [0, 0.1) is 5.92 Å². The van der Waals surface area contributed by atoms with Crippen LogP contribution < -0.4 is 10.6 Å². The minimum absolute atomic E-state index is 0.0384. The van der Waals surface area contributed by atoms with Gasteiger partial charge in [-0.2, -0.15) is 0 Å². The number of fused-ring (bicyclic) bond motifs is 1. The van der Waals surface area contributed by atoms with Gasteiger partial charge in [-0.15, -0.1) is 13.2 Å². The van der Waals surface area contributed by atoms with Gasteiger partial charge in [-0.3, -0.25) is 10.1 Å². The molecule has 6 nitrogen and oxygen atoms in total. The first kappa shape index (κ1) is 20.2. The van der Waals surface area contributed by atoms with Gasteiger partial charge >= 0.3 is 0 Å². The molecule has 146 valence electrons. The Morgan fingerprint density at radius 3 is 3.07 bits per heavy atom. The molecule has 2 heterocycles. The minimum atomic E-state index is -0.191. The largest absolute Gasteiger partial charge is 0.373 e. The SMILES string of the molecule is C=CCOCc1ccc(Br)nc1NC(=O)C1CC2CC2(CN(C)CC=C)N1. The molecule has 2 fully saturated rings. The molecule has 1 aliphatic carbocycles. The van der Waals surface area contributed by atoms with E-state index in [1.807, 2.05) is 18.2 Å². The first-order valence-electron chi connectivity index (χ1n) is 9.19. The molecule has 0 radical (unpaired) electrons. The zero-order valence-electron chi connectivity index (χ0n) is 15.7. The summed E-state index contributed by atoms with van der Waals surface area (Å²) < 4.78 is 6.19. The summed E-state index contributed by atoms with van der Waals surface area (Å²) in [7, 11) is 2.09. The second-order valence-corrected chi connectivity index (χ2v) is 8.22. The fourth-order valence-electron chi connectivity index (χ4n) is 3.88. The third kappa shape index (κ3) is 4.85. The predicted octanol–water partition coefficient (Wildman–Crippen LogP) is 2.72. The van der Waals surface area contributed by atoms with Crippen molar-refractivity contribution in [2.45, 2.75) is 31.0 Å². The summed E-state index contributed by atoms with van der Waals surface area (Å²) in [4.78, 5) is 19.5. The van der Waals surface area contributed by atoms with Crippen molar-refractivity contribution in [1.82, 2.24) is 15.2 Å². The molecule has 3 atom stereocenters. The van der Waals surface area contributed by atoms with E-state index in [1.165, 1.54) is 0 Å². The Morgan fingerprint density at radius 1 is 1.52 bits per heavy atom. The second-order valence-electron chi connectivity index (χ2n) is 7.41. The molecule has 0 spiro atoms. The molecule has 1 saturated carbocycles. The monoisotopic (exact) mass is 434 g/mol. The summed E-state index contributed by atoms with van der Waals surface area (Å²) in [5, 5.41) is 6.54. The number of anilines is 1. The van der Waals surface area contributed by atoms with Crippen LogP contribution in [0.5, 0.6) is 0 Å². The van der Waals surface area contributed by atoms with Crippen LogP contribution >= 0.6 is 15.9 Å². The van der Waals surface area contributed by atoms with Gasteiger partial charge in [0.15, 0.2) is 0 Å². The number of hydrogen-bond acceptors (Lipinski definition) is 5. The summed E-state index contributed by atoms with van der Waals surface area (Å²) in [5.41, 5.74) is 0.914. The number of pyridine rings is 1. The van der Waals surface area contributed by atoms with Crippen LogP contribution in [0.25, 0.3) is 0 Å². The van der Waals surface area contributed by atoms with Gasteiger partial charge in [-0.1, -0.05) is 18.2 Å². The number of rotatable bonds is 10. The minimum Gasteiger partial charge on any atom is -0.373 e. The zero-order chi connectivity index (χ0) is 19.4. The van der Waals surface area contributed by atoms with Crippen molar-refractivity contribution in [2.75, 3.05) is 32.1 Å². The smallest absolute Gasteiger partial charge is 0.242 e. The summed E-state index contributed by atoms with van der Waals surface area (Å²) >= 11 is 3.37. The van der Waals surface area contributed by atoms with Crippen LogP contribution in [-0.2, 0) is 16.1 Å². The maximum absolute atomic E-state index is 12.8. The van der Waals surface area contributed by atoms with Gasteiger partial charge in [0, 0.05) is 24.2 Å². The lowest BCUT2D eigenvalue weighted by molar-refractivity contribution is -0.118. The Kier molecular flexibility index (Phi) is 6.47. The number of amides is 1. The van der Waals surface area contributed by atoms with Crippen molar-refractivity contribution in [3.63, 3.8) is 0 Å². The molecular formula is C20H27BrN4O2. The van der Waals surface area contributed by atoms with E-state index in [0.717, 1.165) is 31.5 Å². The first-order chi connectivity index (χ1) is 13.0. The Balaban J connectivity index is 1.61. The van der Waals surface area contributed by atoms with E-state index in [2.05, 4.69) is 56.7 Å². The van der Waals surface area contributed by atoms with Gasteiger partial charge in [0.25, 0.3) is 0 Å². The standard InChI is InChI=1S/C20H27BrN4O2/c1-4-8-25(3)13-20-11-15(20)10-16(24-20)19(26)23-18-14(12-27-9-5-2)6-7-17(21)22-18/h4-7,15-16,24H,1-2,8-13H2,3H3,(H,22,23,26). The molecule has 2 aliphatic rings. The topological polar surface area (TPSA) is 66.5 Å². The van der Waals surface area contributed by atoms with Gasteiger partial charge in [0.05, 0.1) is 19.3 Å². The lowest BCUT2D eigenvalue weighted by Crippen LogP contribution is -2.47. The van der Waals surface area contributed by atoms with E-state index in [0.29, 0.717) is 29.6 Å². The van der Waals surface area contributed by atoms with E-state index in [-0.39, 0.29) is 17.5 Å². The van der Waals surface area contributed by atoms with E-state index >= 15 is 0 Å². The first-order valence-corrected chi connectivity index (χ1v) is 9.99. The maximum atomic E-state index is 12.8. The molecule has 1 saturated heterocycles. The zero-order valence-corrected chi connectivity index (χ0v) is 17.3. The van der Waals surface area contributed by atoms with E-state index in [4.69, 9.17) is 4.74 Å². The number of nitrogens with one attached hydrogen (secondary N) is 2. The van der Waals surface area contributed by atoms with Crippen molar-refractivity contribution < 1.29 is 9.53 Å². The van der Waals surface area contributed by atoms with Gasteiger partial charge in [-0.25, -0.2) is 4.98 Å². The van der Waals surface area contributed by atoms with Crippen molar-refractivity contribution >= 4 is 27.7 Å². The predicted molar refractivity (Wildman–Crippen MR) is 110 cm³/mol. The molecule has 1 amide bonds.